The molecular weight excluding hydrogens is 332 g/mol. The van der Waals surface area contributed by atoms with E-state index >= 15 is 0 Å². The third-order valence-corrected chi connectivity index (χ3v) is 5.53. The van der Waals surface area contributed by atoms with Crippen LogP contribution in [0.4, 0.5) is 0 Å². The van der Waals surface area contributed by atoms with Crippen LogP contribution in [-0.4, -0.2) is 34.7 Å². The Bertz CT molecular complexity index is 920. The second kappa shape index (κ2) is 6.76. The Kier molecular flexibility index (Phi) is 4.32. The molecule has 0 spiro atoms. The van der Waals surface area contributed by atoms with E-state index in [4.69, 9.17) is 0 Å². The summed E-state index contributed by atoms with van der Waals surface area (Å²) in [5.41, 5.74) is 4.01. The zero-order valence-electron chi connectivity index (χ0n) is 13.7. The second-order valence-electron chi connectivity index (χ2n) is 6.36. The minimum Gasteiger partial charge on any atom is -0.338 e. The summed E-state index contributed by atoms with van der Waals surface area (Å²) in [4.78, 5) is 31.6. The molecule has 0 saturated carbocycles. The van der Waals surface area contributed by atoms with Crippen LogP contribution in [0.25, 0.3) is 10.2 Å². The monoisotopic (exact) mass is 350 g/mol. The SMILES string of the molecule is O=C(c1ccccc1)[C@@H]1CCCN(C(=O)c2ccc3scnc3c2)C1. The highest BCUT2D eigenvalue weighted by atomic mass is 32.1. The first-order valence-corrected chi connectivity index (χ1v) is 9.32. The fraction of sp³-hybridized carbons (Fsp3) is 0.250. The van der Waals surface area contributed by atoms with Gasteiger partial charge >= 0.3 is 0 Å². The maximum atomic E-state index is 12.9. The number of benzene rings is 2. The summed E-state index contributed by atoms with van der Waals surface area (Å²) in [6, 6.07) is 15.0. The lowest BCUT2D eigenvalue weighted by molar-refractivity contribution is 0.0637. The molecule has 0 N–H and O–H groups in total. The van der Waals surface area contributed by atoms with Crippen molar-refractivity contribution in [1.82, 2.24) is 9.88 Å². The summed E-state index contributed by atoms with van der Waals surface area (Å²) in [6.45, 7) is 1.19. The van der Waals surface area contributed by atoms with E-state index in [-0.39, 0.29) is 17.6 Å². The number of carbonyl (C=O) groups excluding carboxylic acids is 2. The van der Waals surface area contributed by atoms with Crippen molar-refractivity contribution in [3.05, 3.63) is 65.2 Å². The van der Waals surface area contributed by atoms with Gasteiger partial charge in [-0.15, -0.1) is 11.3 Å². The number of Topliss-reactive ketones (excluding diaryl/α,β-unsaturated/α-hetero) is 1. The summed E-state index contributed by atoms with van der Waals surface area (Å²) in [5.74, 6) is -0.00313. The van der Waals surface area contributed by atoms with Gasteiger partial charge in [0.25, 0.3) is 5.91 Å². The topological polar surface area (TPSA) is 50.3 Å². The molecule has 3 aromatic rings. The zero-order chi connectivity index (χ0) is 17.2. The van der Waals surface area contributed by atoms with Crippen molar-refractivity contribution in [3.8, 4) is 0 Å². The molecule has 4 rings (SSSR count). The maximum Gasteiger partial charge on any atom is 0.253 e. The molecule has 1 atom stereocenters. The Morgan fingerprint density at radius 1 is 1.08 bits per heavy atom. The molecular formula is C20H18N2O2S. The van der Waals surface area contributed by atoms with Crippen molar-refractivity contribution in [1.29, 1.82) is 0 Å². The van der Waals surface area contributed by atoms with Gasteiger partial charge in [0, 0.05) is 30.1 Å². The standard InChI is InChI=1S/C20H18N2O2S/c23-19(14-5-2-1-3-6-14)16-7-4-10-22(12-16)20(24)15-8-9-18-17(11-15)21-13-25-18/h1-3,5-6,8-9,11,13,16H,4,7,10,12H2/t16-/m1/s1. The van der Waals surface area contributed by atoms with Crippen LogP contribution in [0.3, 0.4) is 0 Å². The molecule has 1 aromatic heterocycles. The van der Waals surface area contributed by atoms with E-state index in [1.165, 1.54) is 0 Å². The second-order valence-corrected chi connectivity index (χ2v) is 7.24. The van der Waals surface area contributed by atoms with Gasteiger partial charge in [0.15, 0.2) is 5.78 Å². The molecule has 5 heteroatoms. The number of rotatable bonds is 3. The van der Waals surface area contributed by atoms with Gasteiger partial charge < -0.3 is 4.90 Å². The molecule has 25 heavy (non-hydrogen) atoms. The summed E-state index contributed by atoms with van der Waals surface area (Å²) in [7, 11) is 0. The predicted octanol–water partition coefficient (Wildman–Crippen LogP) is 4.03. The van der Waals surface area contributed by atoms with E-state index in [2.05, 4.69) is 4.98 Å². The van der Waals surface area contributed by atoms with Gasteiger partial charge in [-0.2, -0.15) is 0 Å². The van der Waals surface area contributed by atoms with Crippen LogP contribution in [0.2, 0.25) is 0 Å². The van der Waals surface area contributed by atoms with Gasteiger partial charge in [-0.25, -0.2) is 4.98 Å². The zero-order valence-corrected chi connectivity index (χ0v) is 14.5. The van der Waals surface area contributed by atoms with E-state index in [0.717, 1.165) is 28.6 Å². The third-order valence-electron chi connectivity index (χ3n) is 4.72. The Hall–Kier alpha value is -2.53. The van der Waals surface area contributed by atoms with Crippen molar-refractivity contribution in [2.45, 2.75) is 12.8 Å². The minimum absolute atomic E-state index is 0.0135. The molecule has 1 aliphatic heterocycles. The average molecular weight is 350 g/mol. The van der Waals surface area contributed by atoms with Gasteiger partial charge in [0.1, 0.15) is 0 Å². The summed E-state index contributed by atoms with van der Waals surface area (Å²) in [6.07, 6.45) is 1.69. The van der Waals surface area contributed by atoms with E-state index in [0.29, 0.717) is 18.7 Å². The molecule has 1 saturated heterocycles. The van der Waals surface area contributed by atoms with Crippen LogP contribution in [-0.2, 0) is 0 Å². The predicted molar refractivity (Wildman–Crippen MR) is 99.0 cm³/mol. The van der Waals surface area contributed by atoms with Crippen molar-refractivity contribution >= 4 is 33.2 Å². The molecule has 1 aliphatic rings. The molecule has 0 radical (unpaired) electrons. The lowest BCUT2D eigenvalue weighted by Gasteiger charge is -2.32. The molecule has 2 aromatic carbocycles. The van der Waals surface area contributed by atoms with Crippen molar-refractivity contribution in [2.75, 3.05) is 13.1 Å². The Balaban J connectivity index is 1.52. The van der Waals surface area contributed by atoms with Gasteiger partial charge in [-0.1, -0.05) is 30.3 Å². The van der Waals surface area contributed by atoms with Crippen LogP contribution >= 0.6 is 11.3 Å². The smallest absolute Gasteiger partial charge is 0.253 e. The van der Waals surface area contributed by atoms with E-state index in [9.17, 15) is 9.59 Å². The first-order chi connectivity index (χ1) is 12.2. The minimum atomic E-state index is -0.122. The number of amides is 1. The highest BCUT2D eigenvalue weighted by molar-refractivity contribution is 7.16. The van der Waals surface area contributed by atoms with Crippen molar-refractivity contribution in [3.63, 3.8) is 0 Å². The van der Waals surface area contributed by atoms with Gasteiger partial charge in [-0.05, 0) is 31.0 Å². The van der Waals surface area contributed by atoms with Crippen LogP contribution < -0.4 is 0 Å². The number of piperidine rings is 1. The normalized spacial score (nSPS) is 17.6. The van der Waals surface area contributed by atoms with Crippen LogP contribution in [0.15, 0.2) is 54.0 Å². The highest BCUT2D eigenvalue weighted by Gasteiger charge is 2.29. The number of aromatic nitrogens is 1. The Morgan fingerprint density at radius 2 is 1.92 bits per heavy atom. The molecule has 0 unspecified atom stereocenters. The lowest BCUT2D eigenvalue weighted by atomic mass is 9.89. The van der Waals surface area contributed by atoms with Gasteiger partial charge in [0.2, 0.25) is 0 Å². The highest BCUT2D eigenvalue weighted by Crippen LogP contribution is 2.24. The molecule has 2 heterocycles. The van der Waals surface area contributed by atoms with Gasteiger partial charge in [-0.3, -0.25) is 9.59 Å². The van der Waals surface area contributed by atoms with Crippen LogP contribution in [0, 0.1) is 5.92 Å². The number of hydrogen-bond acceptors (Lipinski definition) is 4. The summed E-state index contributed by atoms with van der Waals surface area (Å²) in [5, 5.41) is 0. The first kappa shape index (κ1) is 16.0. The molecule has 0 bridgehead atoms. The molecule has 1 fully saturated rings. The summed E-state index contributed by atoms with van der Waals surface area (Å²) >= 11 is 1.56. The third kappa shape index (κ3) is 3.20. The quantitative estimate of drug-likeness (QED) is 0.670. The molecule has 1 amide bonds. The van der Waals surface area contributed by atoms with Crippen molar-refractivity contribution in [2.24, 2.45) is 5.92 Å². The molecule has 0 aliphatic carbocycles. The summed E-state index contributed by atoms with van der Waals surface area (Å²) < 4.78 is 1.08. The number of hydrogen-bond donors (Lipinski definition) is 0. The van der Waals surface area contributed by atoms with Crippen molar-refractivity contribution < 1.29 is 9.59 Å². The van der Waals surface area contributed by atoms with E-state index in [1.54, 1.807) is 16.8 Å². The first-order valence-electron chi connectivity index (χ1n) is 8.44. The number of likely N-dealkylation sites (tertiary alicyclic amines) is 1. The largest absolute Gasteiger partial charge is 0.338 e. The number of carbonyl (C=O) groups is 2. The number of nitrogens with zero attached hydrogens (tertiary/aromatic N) is 2. The van der Waals surface area contributed by atoms with Crippen LogP contribution in [0.5, 0.6) is 0 Å². The fourth-order valence-electron chi connectivity index (χ4n) is 3.39. The number of ketones is 1. The molecule has 126 valence electrons. The Labute approximate surface area is 150 Å². The van der Waals surface area contributed by atoms with Gasteiger partial charge in [0.05, 0.1) is 15.7 Å². The fourth-order valence-corrected chi connectivity index (χ4v) is 4.05. The average Bonchev–Trinajstić information content (AvgIpc) is 3.15. The van der Waals surface area contributed by atoms with E-state index in [1.807, 2.05) is 53.4 Å². The Morgan fingerprint density at radius 3 is 2.76 bits per heavy atom. The van der Waals surface area contributed by atoms with E-state index < -0.39 is 0 Å². The maximum absolute atomic E-state index is 12.9. The number of fused-ring (bicyclic) bond motifs is 1. The lowest BCUT2D eigenvalue weighted by Crippen LogP contribution is -2.42. The number of thiazole rings is 1. The molecule has 4 nitrogen and oxygen atoms in total. The van der Waals surface area contributed by atoms with Crippen LogP contribution in [0.1, 0.15) is 33.6 Å².